The fourth-order valence-corrected chi connectivity index (χ4v) is 3.78. The quantitative estimate of drug-likeness (QED) is 0.503. The maximum atomic E-state index is 13.5. The Kier molecular flexibility index (Phi) is 5.66. The van der Waals surface area contributed by atoms with Gasteiger partial charge < -0.3 is 9.88 Å². The number of benzene rings is 1. The number of aryl methyl sites for hydroxylation is 1. The Labute approximate surface area is 180 Å². The Hall–Kier alpha value is -3.74. The molecule has 158 valence electrons. The maximum Gasteiger partial charge on any atom is 0.255 e. The molecular formula is C24H25N5O2. The summed E-state index contributed by atoms with van der Waals surface area (Å²) in [5, 5.41) is 7.47. The second kappa shape index (κ2) is 8.55. The van der Waals surface area contributed by atoms with Crippen LogP contribution in [0.25, 0.3) is 11.0 Å². The normalized spacial score (nSPS) is 11.2. The first-order chi connectivity index (χ1) is 14.9. The van der Waals surface area contributed by atoms with Gasteiger partial charge in [0.1, 0.15) is 0 Å². The van der Waals surface area contributed by atoms with Gasteiger partial charge in [0, 0.05) is 23.5 Å². The first-order valence-electron chi connectivity index (χ1n) is 10.3. The summed E-state index contributed by atoms with van der Waals surface area (Å²) in [6.07, 6.45) is 3.82. The molecule has 1 amide bonds. The van der Waals surface area contributed by atoms with E-state index in [1.165, 1.54) is 0 Å². The highest BCUT2D eigenvalue weighted by Gasteiger charge is 2.24. The van der Waals surface area contributed by atoms with Crippen molar-refractivity contribution in [2.24, 2.45) is 0 Å². The van der Waals surface area contributed by atoms with Gasteiger partial charge in [-0.05, 0) is 50.5 Å². The third kappa shape index (κ3) is 4.26. The molecule has 0 saturated heterocycles. The first kappa shape index (κ1) is 20.5. The predicted octanol–water partition coefficient (Wildman–Crippen LogP) is 3.60. The van der Waals surface area contributed by atoms with Gasteiger partial charge in [0.05, 0.1) is 23.7 Å². The average molecular weight is 415 g/mol. The van der Waals surface area contributed by atoms with Crippen molar-refractivity contribution >= 4 is 16.9 Å². The van der Waals surface area contributed by atoms with E-state index in [1.54, 1.807) is 23.4 Å². The van der Waals surface area contributed by atoms with E-state index >= 15 is 0 Å². The fourth-order valence-electron chi connectivity index (χ4n) is 3.78. The van der Waals surface area contributed by atoms with Gasteiger partial charge >= 0.3 is 0 Å². The fraction of sp³-hybridized carbons (Fsp3) is 0.250. The van der Waals surface area contributed by atoms with Gasteiger partial charge in [-0.25, -0.2) is 4.98 Å². The van der Waals surface area contributed by atoms with Crippen molar-refractivity contribution in [3.63, 3.8) is 0 Å². The molecule has 31 heavy (non-hydrogen) atoms. The second-order valence-electron chi connectivity index (χ2n) is 7.97. The smallest absolute Gasteiger partial charge is 0.255 e. The first-order valence-corrected chi connectivity index (χ1v) is 10.3. The van der Waals surface area contributed by atoms with E-state index in [0.717, 1.165) is 16.8 Å². The Morgan fingerprint density at radius 1 is 1.16 bits per heavy atom. The van der Waals surface area contributed by atoms with Crippen LogP contribution in [0, 0.1) is 6.92 Å². The van der Waals surface area contributed by atoms with Crippen molar-refractivity contribution in [3.8, 4) is 0 Å². The zero-order valence-electron chi connectivity index (χ0n) is 17.8. The number of fused-ring (bicyclic) bond motifs is 1. The molecule has 2 N–H and O–H groups in total. The van der Waals surface area contributed by atoms with E-state index in [-0.39, 0.29) is 24.1 Å². The number of hydrogen-bond acceptors (Lipinski definition) is 4. The molecule has 0 unspecified atom stereocenters. The summed E-state index contributed by atoms with van der Waals surface area (Å²) in [5.74, 6) is -0.158. The summed E-state index contributed by atoms with van der Waals surface area (Å²) >= 11 is 0. The highest BCUT2D eigenvalue weighted by atomic mass is 16.2. The monoisotopic (exact) mass is 415 g/mol. The van der Waals surface area contributed by atoms with Gasteiger partial charge in [-0.15, -0.1) is 0 Å². The number of nitrogens with zero attached hydrogens (tertiary/aromatic N) is 3. The number of aromatic nitrogens is 4. The minimum atomic E-state index is -0.160. The molecule has 7 nitrogen and oxygen atoms in total. The summed E-state index contributed by atoms with van der Waals surface area (Å²) < 4.78 is 0. The lowest BCUT2D eigenvalue weighted by atomic mass is 9.99. The maximum absolute atomic E-state index is 13.5. The molecule has 0 bridgehead atoms. The third-order valence-electron chi connectivity index (χ3n) is 5.40. The van der Waals surface area contributed by atoms with Crippen LogP contribution in [0.4, 0.5) is 0 Å². The number of carbonyl (C=O) groups is 1. The van der Waals surface area contributed by atoms with E-state index < -0.39 is 0 Å². The Morgan fingerprint density at radius 2 is 1.94 bits per heavy atom. The van der Waals surface area contributed by atoms with Gasteiger partial charge in [-0.1, -0.05) is 30.3 Å². The zero-order valence-corrected chi connectivity index (χ0v) is 17.8. The van der Waals surface area contributed by atoms with Gasteiger partial charge in [0.2, 0.25) is 0 Å². The molecule has 3 aromatic heterocycles. The lowest BCUT2D eigenvalue weighted by Crippen LogP contribution is -2.38. The van der Waals surface area contributed by atoms with Crippen LogP contribution in [0.5, 0.6) is 0 Å². The number of amides is 1. The molecule has 0 radical (unpaired) electrons. The van der Waals surface area contributed by atoms with E-state index in [1.807, 2.05) is 57.2 Å². The molecule has 3 heterocycles. The van der Waals surface area contributed by atoms with Crippen molar-refractivity contribution in [1.82, 2.24) is 25.1 Å². The van der Waals surface area contributed by atoms with Crippen molar-refractivity contribution < 1.29 is 4.79 Å². The molecule has 0 saturated carbocycles. The molecule has 1 aromatic carbocycles. The molecule has 7 heteroatoms. The van der Waals surface area contributed by atoms with E-state index in [0.29, 0.717) is 28.6 Å². The number of H-pyrrole nitrogens is 2. The number of hydrogen-bond donors (Lipinski definition) is 2. The zero-order chi connectivity index (χ0) is 22.0. The Morgan fingerprint density at radius 3 is 2.68 bits per heavy atom. The van der Waals surface area contributed by atoms with Crippen LogP contribution in [-0.2, 0) is 13.0 Å². The van der Waals surface area contributed by atoms with Crippen molar-refractivity contribution in [2.75, 3.05) is 0 Å². The van der Waals surface area contributed by atoms with Crippen LogP contribution >= 0.6 is 0 Å². The Balaban J connectivity index is 1.72. The summed E-state index contributed by atoms with van der Waals surface area (Å²) in [4.78, 5) is 35.2. The van der Waals surface area contributed by atoms with Gasteiger partial charge in [-0.2, -0.15) is 5.10 Å². The highest BCUT2D eigenvalue weighted by molar-refractivity contribution is 6.05. The van der Waals surface area contributed by atoms with Gasteiger partial charge in [0.15, 0.2) is 5.65 Å². The third-order valence-corrected chi connectivity index (χ3v) is 5.40. The number of nitrogens with one attached hydrogen (secondary N) is 2. The van der Waals surface area contributed by atoms with E-state index in [9.17, 15) is 9.59 Å². The minimum Gasteiger partial charge on any atom is -0.332 e. The van der Waals surface area contributed by atoms with Crippen LogP contribution in [-0.4, -0.2) is 37.0 Å². The van der Waals surface area contributed by atoms with Crippen LogP contribution < -0.4 is 5.56 Å². The number of carbonyl (C=O) groups excluding carboxylic acids is 1. The predicted molar refractivity (Wildman–Crippen MR) is 120 cm³/mol. The van der Waals surface area contributed by atoms with Crippen LogP contribution in [0.1, 0.15) is 46.6 Å². The molecule has 4 rings (SSSR count). The molecule has 0 atom stereocenters. The average Bonchev–Trinajstić information content (AvgIpc) is 3.22. The van der Waals surface area contributed by atoms with Crippen molar-refractivity contribution in [1.29, 1.82) is 0 Å². The largest absolute Gasteiger partial charge is 0.332 e. The lowest BCUT2D eigenvalue weighted by Gasteiger charge is -2.28. The van der Waals surface area contributed by atoms with E-state index in [4.69, 9.17) is 0 Å². The summed E-state index contributed by atoms with van der Waals surface area (Å²) in [6.45, 7) is 5.99. The highest BCUT2D eigenvalue weighted by Crippen LogP contribution is 2.21. The molecule has 4 aromatic rings. The summed E-state index contributed by atoms with van der Waals surface area (Å²) in [6, 6.07) is 13.6. The van der Waals surface area contributed by atoms with Gasteiger partial charge in [-0.3, -0.25) is 14.7 Å². The molecule has 0 aliphatic rings. The lowest BCUT2D eigenvalue weighted by molar-refractivity contribution is 0.0691. The van der Waals surface area contributed by atoms with Crippen molar-refractivity contribution in [2.45, 2.75) is 39.8 Å². The number of rotatable bonds is 6. The molecule has 0 spiro atoms. The van der Waals surface area contributed by atoms with E-state index in [2.05, 4.69) is 20.2 Å². The standard InChI is InChI=1S/C24H25N5O2/c1-15(2)29(24(31)19-9-10-25-22-20(19)13-26-28-22)14-21-18(11-16(3)27-23(21)30)12-17-7-5-4-6-8-17/h4-11,13,15H,12,14H2,1-3H3,(H,27,30)(H,25,26,28). The molecule has 0 aliphatic heterocycles. The topological polar surface area (TPSA) is 94.7 Å². The summed E-state index contributed by atoms with van der Waals surface area (Å²) in [5.41, 5.74) is 4.37. The molecule has 0 fully saturated rings. The van der Waals surface area contributed by atoms with Crippen LogP contribution in [0.2, 0.25) is 0 Å². The molecular weight excluding hydrogens is 390 g/mol. The SMILES string of the molecule is Cc1cc(Cc2ccccc2)c(CN(C(=O)c2ccnc3[nH]ncc23)C(C)C)c(=O)[nH]1. The molecule has 0 aliphatic carbocycles. The van der Waals surface area contributed by atoms with Gasteiger partial charge in [0.25, 0.3) is 11.5 Å². The van der Waals surface area contributed by atoms with Crippen LogP contribution in [0.15, 0.2) is 59.7 Å². The number of aromatic amines is 2. The van der Waals surface area contributed by atoms with Crippen molar-refractivity contribution in [3.05, 3.63) is 93.2 Å². The Bertz CT molecular complexity index is 1270. The number of pyridine rings is 2. The summed E-state index contributed by atoms with van der Waals surface area (Å²) in [7, 11) is 0. The van der Waals surface area contributed by atoms with Crippen LogP contribution in [0.3, 0.4) is 0 Å². The second-order valence-corrected chi connectivity index (χ2v) is 7.97. The minimum absolute atomic E-state index is 0.104.